The fourth-order valence-electron chi connectivity index (χ4n) is 1.84. The third kappa shape index (κ3) is 58.6. The zero-order chi connectivity index (χ0) is 21.8. The predicted molar refractivity (Wildman–Crippen MR) is 122 cm³/mol. The minimum absolute atomic E-state index is 0.0940. The van der Waals surface area contributed by atoms with E-state index in [4.69, 9.17) is 11.6 Å². The molecule has 27 heavy (non-hydrogen) atoms. The van der Waals surface area contributed by atoms with Crippen molar-refractivity contribution >= 4 is 22.8 Å². The number of halogens is 1. The summed E-state index contributed by atoms with van der Waals surface area (Å²) in [4.78, 5) is 20.5. The van der Waals surface area contributed by atoms with Crippen LogP contribution in [0.3, 0.4) is 0 Å². The number of hydrogen-bond acceptors (Lipinski definition) is 3. The number of ether oxygens (including phenoxy) is 1. The van der Waals surface area contributed by atoms with Gasteiger partial charge < -0.3 is 4.74 Å². The number of carbonyl (C=O) groups excluding carboxylic acids is 2. The van der Waals surface area contributed by atoms with E-state index >= 15 is 0 Å². The van der Waals surface area contributed by atoms with Gasteiger partial charge in [0.2, 0.25) is 5.24 Å². The Balaban J connectivity index is -0.000000135. The third-order valence-corrected chi connectivity index (χ3v) is 3.79. The van der Waals surface area contributed by atoms with Crippen LogP contribution in [0.25, 0.3) is 0 Å². The molecule has 166 valence electrons. The van der Waals surface area contributed by atoms with Gasteiger partial charge in [-0.25, -0.2) is 0 Å². The van der Waals surface area contributed by atoms with Crippen LogP contribution in [0.2, 0.25) is 0 Å². The molecule has 0 unspecified atom stereocenters. The molecule has 0 aromatic heterocycles. The van der Waals surface area contributed by atoms with Crippen LogP contribution in [-0.2, 0) is 14.3 Å². The van der Waals surface area contributed by atoms with E-state index in [-0.39, 0.29) is 11.2 Å². The Morgan fingerprint density at radius 1 is 0.593 bits per heavy atom. The number of carbonyl (C=O) groups is 2. The highest BCUT2D eigenvalue weighted by Gasteiger charge is 1.96. The molecule has 0 aliphatic heterocycles. The fourth-order valence-corrected chi connectivity index (χ4v) is 1.98. The Hall–Kier alpha value is -0.570. The topological polar surface area (TPSA) is 43.4 Å². The van der Waals surface area contributed by atoms with Gasteiger partial charge in [-0.15, -0.1) is 0 Å². The summed E-state index contributed by atoms with van der Waals surface area (Å²) in [6.45, 7) is 13.1. The van der Waals surface area contributed by atoms with E-state index < -0.39 is 0 Å². The van der Waals surface area contributed by atoms with Crippen molar-refractivity contribution in [2.45, 2.75) is 131 Å². The first-order valence-corrected chi connectivity index (χ1v) is 11.5. The van der Waals surface area contributed by atoms with Gasteiger partial charge in [-0.1, -0.05) is 106 Å². The van der Waals surface area contributed by atoms with Crippen LogP contribution < -0.4 is 0 Å². The van der Waals surface area contributed by atoms with Crippen LogP contribution in [0.5, 0.6) is 0 Å². The Kier molecular flexibility index (Phi) is 45.8. The van der Waals surface area contributed by atoms with Crippen molar-refractivity contribution < 1.29 is 14.3 Å². The SMILES string of the molecule is CCCCC.CCCCC.CCCCCC(=O)Cl.CCCCCC(=O)OC. The molecular weight excluding hydrogens is 360 g/mol. The first-order chi connectivity index (χ1) is 12.9. The highest BCUT2D eigenvalue weighted by Crippen LogP contribution is 2.00. The molecule has 0 saturated carbocycles. The highest BCUT2D eigenvalue weighted by atomic mass is 35.5. The lowest BCUT2D eigenvalue weighted by Gasteiger charge is -1.95. The van der Waals surface area contributed by atoms with E-state index in [2.05, 4.69) is 46.3 Å². The van der Waals surface area contributed by atoms with Gasteiger partial charge in [-0.2, -0.15) is 0 Å². The molecule has 0 rings (SSSR count). The van der Waals surface area contributed by atoms with Crippen molar-refractivity contribution in [2.75, 3.05) is 7.11 Å². The number of esters is 1. The second-order valence-electron chi connectivity index (χ2n) is 6.55. The lowest BCUT2D eigenvalue weighted by molar-refractivity contribution is -0.140. The minimum atomic E-state index is -0.210. The van der Waals surface area contributed by atoms with Gasteiger partial charge in [0.05, 0.1) is 7.11 Å². The Bertz CT molecular complexity index is 258. The third-order valence-electron chi connectivity index (χ3n) is 3.60. The maximum atomic E-state index is 10.5. The first-order valence-electron chi connectivity index (χ1n) is 11.2. The zero-order valence-electron chi connectivity index (χ0n) is 19.5. The molecule has 3 nitrogen and oxygen atoms in total. The van der Waals surface area contributed by atoms with Crippen molar-refractivity contribution in [1.82, 2.24) is 0 Å². The normalized spacial score (nSPS) is 8.89. The van der Waals surface area contributed by atoms with Gasteiger partial charge in [-0.3, -0.25) is 9.59 Å². The summed E-state index contributed by atoms with van der Waals surface area (Å²) in [7, 11) is 1.42. The molecule has 0 atom stereocenters. The van der Waals surface area contributed by atoms with Crippen LogP contribution in [0.15, 0.2) is 0 Å². The van der Waals surface area contributed by atoms with Gasteiger partial charge in [0.25, 0.3) is 0 Å². The maximum Gasteiger partial charge on any atom is 0.305 e. The van der Waals surface area contributed by atoms with E-state index in [1.807, 2.05) is 0 Å². The Labute approximate surface area is 176 Å². The molecule has 0 bridgehead atoms. The average Bonchev–Trinajstić information content (AvgIpc) is 2.65. The molecule has 0 N–H and O–H groups in total. The quantitative estimate of drug-likeness (QED) is 0.185. The van der Waals surface area contributed by atoms with Gasteiger partial charge in [0, 0.05) is 12.8 Å². The Morgan fingerprint density at radius 2 is 0.926 bits per heavy atom. The van der Waals surface area contributed by atoms with E-state index in [1.165, 1.54) is 45.6 Å². The second kappa shape index (κ2) is 36.4. The number of hydrogen-bond donors (Lipinski definition) is 0. The van der Waals surface area contributed by atoms with Crippen molar-refractivity contribution in [3.8, 4) is 0 Å². The lowest BCUT2D eigenvalue weighted by atomic mass is 10.2. The highest BCUT2D eigenvalue weighted by molar-refractivity contribution is 6.63. The van der Waals surface area contributed by atoms with Crippen LogP contribution >= 0.6 is 11.6 Å². The maximum absolute atomic E-state index is 10.5. The fraction of sp³-hybridized carbons (Fsp3) is 0.913. The summed E-state index contributed by atoms with van der Waals surface area (Å²) in [6, 6.07) is 0. The summed E-state index contributed by atoms with van der Waals surface area (Å²) >= 11 is 5.07. The van der Waals surface area contributed by atoms with Gasteiger partial charge in [0.1, 0.15) is 0 Å². The molecule has 0 aromatic carbocycles. The summed E-state index contributed by atoms with van der Waals surface area (Å²) in [5.74, 6) is -0.0940. The molecule has 0 heterocycles. The molecule has 4 heteroatoms. The molecule has 0 aromatic rings. The number of rotatable bonds is 12. The van der Waals surface area contributed by atoms with E-state index in [1.54, 1.807) is 0 Å². The van der Waals surface area contributed by atoms with Crippen molar-refractivity contribution in [1.29, 1.82) is 0 Å². The van der Waals surface area contributed by atoms with Crippen LogP contribution in [0, 0.1) is 0 Å². The zero-order valence-corrected chi connectivity index (χ0v) is 20.3. The van der Waals surface area contributed by atoms with Crippen molar-refractivity contribution in [3.63, 3.8) is 0 Å². The predicted octanol–water partition coefficient (Wildman–Crippen LogP) is 8.46. The smallest absolute Gasteiger partial charge is 0.305 e. The molecule has 0 aliphatic carbocycles. The second-order valence-corrected chi connectivity index (χ2v) is 6.97. The largest absolute Gasteiger partial charge is 0.469 e. The number of methoxy groups -OCH3 is 1. The molecular formula is C23H49ClO3. The summed E-state index contributed by atoms with van der Waals surface area (Å²) in [5.41, 5.74) is 0. The van der Waals surface area contributed by atoms with Crippen molar-refractivity contribution in [3.05, 3.63) is 0 Å². The van der Waals surface area contributed by atoms with Gasteiger partial charge in [0.15, 0.2) is 0 Å². The van der Waals surface area contributed by atoms with E-state index in [0.717, 1.165) is 38.5 Å². The minimum Gasteiger partial charge on any atom is -0.469 e. The molecule has 0 amide bonds. The van der Waals surface area contributed by atoms with E-state index in [9.17, 15) is 9.59 Å². The molecule has 0 saturated heterocycles. The molecule has 0 radical (unpaired) electrons. The average molecular weight is 409 g/mol. The number of unbranched alkanes of at least 4 members (excludes halogenated alkanes) is 8. The summed E-state index contributed by atoms with van der Waals surface area (Å²) < 4.78 is 4.46. The van der Waals surface area contributed by atoms with Crippen molar-refractivity contribution in [2.24, 2.45) is 0 Å². The van der Waals surface area contributed by atoms with Gasteiger partial charge in [-0.05, 0) is 24.4 Å². The molecule has 0 aliphatic rings. The molecule has 0 fully saturated rings. The van der Waals surface area contributed by atoms with Gasteiger partial charge >= 0.3 is 5.97 Å². The summed E-state index contributed by atoms with van der Waals surface area (Å²) in [6.07, 6.45) is 15.7. The Morgan fingerprint density at radius 3 is 1.15 bits per heavy atom. The van der Waals surface area contributed by atoms with Crippen LogP contribution in [0.1, 0.15) is 131 Å². The standard InChI is InChI=1S/C7H14O2.C6H11ClO.2C5H12/c1-3-4-5-6-7(8)9-2;1-2-3-4-5-6(7)8;2*1-3-5-4-2/h3-6H2,1-2H3;2-5H2,1H3;2*3-5H2,1-2H3. The lowest BCUT2D eigenvalue weighted by Crippen LogP contribution is -1.98. The monoisotopic (exact) mass is 408 g/mol. The summed E-state index contributed by atoms with van der Waals surface area (Å²) in [5, 5.41) is -0.210. The van der Waals surface area contributed by atoms with E-state index in [0.29, 0.717) is 12.8 Å². The van der Waals surface area contributed by atoms with Crippen LogP contribution in [-0.4, -0.2) is 18.3 Å². The van der Waals surface area contributed by atoms with Crippen LogP contribution in [0.4, 0.5) is 0 Å². The molecule has 0 spiro atoms. The first kappa shape index (κ1) is 34.0.